The zero-order chi connectivity index (χ0) is 7.56. The molecule has 0 N–H and O–H groups in total. The fourth-order valence-electron chi connectivity index (χ4n) is 0.574. The average molecular weight is 247 g/mol. The van der Waals surface area contributed by atoms with Crippen LogP contribution in [0.3, 0.4) is 0 Å². The summed E-state index contributed by atoms with van der Waals surface area (Å²) in [6, 6.07) is 1.99. The van der Waals surface area contributed by atoms with E-state index in [2.05, 4.69) is 27.6 Å². The zero-order valence-electron chi connectivity index (χ0n) is 5.45. The average Bonchev–Trinajstić information content (AvgIpc) is 1.95. The Morgan fingerprint density at radius 2 is 2.60 bits per heavy atom. The molecular formula is C6H6IN3. The molecule has 52 valence electrons. The molecule has 0 aliphatic carbocycles. The lowest BCUT2D eigenvalue weighted by Crippen LogP contribution is -2.23. The summed E-state index contributed by atoms with van der Waals surface area (Å²) < 4.78 is 0.0669. The minimum atomic E-state index is 0.0669. The summed E-state index contributed by atoms with van der Waals surface area (Å²) in [5.41, 5.74) is 0.498. The smallest absolute Gasteiger partial charge is 0.174 e. The van der Waals surface area contributed by atoms with Crippen molar-refractivity contribution in [1.82, 2.24) is 4.90 Å². The molecule has 0 saturated heterocycles. The second-order valence-electron chi connectivity index (χ2n) is 1.92. The standard InChI is InChI=1S/C6H6IN3/c1-10-3-2-5(4-8)9-6(10)7/h2-3,6H,1H3. The molecule has 0 fully saturated rings. The van der Waals surface area contributed by atoms with E-state index in [0.717, 1.165) is 0 Å². The molecule has 0 aromatic rings. The van der Waals surface area contributed by atoms with Crippen LogP contribution in [0.5, 0.6) is 0 Å². The lowest BCUT2D eigenvalue weighted by atomic mass is 10.3. The van der Waals surface area contributed by atoms with Crippen molar-refractivity contribution in [2.75, 3.05) is 7.05 Å². The second kappa shape index (κ2) is 3.01. The van der Waals surface area contributed by atoms with Crippen LogP contribution in [-0.2, 0) is 0 Å². The van der Waals surface area contributed by atoms with Gasteiger partial charge in [-0.15, -0.1) is 0 Å². The van der Waals surface area contributed by atoms with E-state index >= 15 is 0 Å². The number of nitriles is 1. The summed E-state index contributed by atoms with van der Waals surface area (Å²) in [5.74, 6) is 0. The molecule has 1 heterocycles. The number of aliphatic imine (C=N–C) groups is 1. The first-order valence-corrected chi connectivity index (χ1v) is 4.00. The van der Waals surface area contributed by atoms with E-state index in [4.69, 9.17) is 5.26 Å². The minimum Gasteiger partial charge on any atom is -0.351 e. The number of rotatable bonds is 0. The van der Waals surface area contributed by atoms with E-state index in [-0.39, 0.29) is 4.17 Å². The van der Waals surface area contributed by atoms with Gasteiger partial charge in [0.15, 0.2) is 4.17 Å². The largest absolute Gasteiger partial charge is 0.351 e. The van der Waals surface area contributed by atoms with Crippen LogP contribution in [0.15, 0.2) is 17.3 Å². The van der Waals surface area contributed by atoms with Gasteiger partial charge in [-0.05, 0) is 28.7 Å². The summed E-state index contributed by atoms with van der Waals surface area (Å²) >= 11 is 2.16. The number of hydrogen-bond donors (Lipinski definition) is 0. The highest BCUT2D eigenvalue weighted by Crippen LogP contribution is 2.12. The molecule has 1 unspecified atom stereocenters. The zero-order valence-corrected chi connectivity index (χ0v) is 7.61. The molecule has 10 heavy (non-hydrogen) atoms. The van der Waals surface area contributed by atoms with E-state index in [0.29, 0.717) is 5.71 Å². The molecule has 0 radical (unpaired) electrons. The van der Waals surface area contributed by atoms with Crippen molar-refractivity contribution in [2.45, 2.75) is 4.17 Å². The van der Waals surface area contributed by atoms with Gasteiger partial charge in [0, 0.05) is 13.2 Å². The van der Waals surface area contributed by atoms with Crippen LogP contribution in [0.2, 0.25) is 0 Å². The summed E-state index contributed by atoms with van der Waals surface area (Å²) in [4.78, 5) is 6.00. The predicted molar refractivity (Wildman–Crippen MR) is 47.8 cm³/mol. The Hall–Kier alpha value is -0.570. The first-order chi connectivity index (χ1) is 4.74. The first kappa shape index (κ1) is 7.54. The molecule has 1 rings (SSSR count). The van der Waals surface area contributed by atoms with Gasteiger partial charge in [0.2, 0.25) is 0 Å². The van der Waals surface area contributed by atoms with E-state index in [1.165, 1.54) is 0 Å². The molecule has 3 nitrogen and oxygen atoms in total. The normalized spacial score (nSPS) is 23.9. The van der Waals surface area contributed by atoms with E-state index in [1.807, 2.05) is 24.2 Å². The molecule has 1 atom stereocenters. The van der Waals surface area contributed by atoms with E-state index in [9.17, 15) is 0 Å². The predicted octanol–water partition coefficient (Wildman–Crippen LogP) is 1.13. The van der Waals surface area contributed by atoms with Crippen molar-refractivity contribution >= 4 is 28.3 Å². The van der Waals surface area contributed by atoms with Crippen molar-refractivity contribution < 1.29 is 0 Å². The highest BCUT2D eigenvalue weighted by Gasteiger charge is 2.09. The SMILES string of the molecule is CN1C=CC(C#N)=NC1I. The number of allylic oxidation sites excluding steroid dienone is 1. The van der Waals surface area contributed by atoms with Gasteiger partial charge in [-0.2, -0.15) is 5.26 Å². The minimum absolute atomic E-state index is 0.0669. The van der Waals surface area contributed by atoms with Gasteiger partial charge in [0.1, 0.15) is 11.8 Å². The van der Waals surface area contributed by atoms with Gasteiger partial charge < -0.3 is 4.90 Å². The maximum atomic E-state index is 8.44. The van der Waals surface area contributed by atoms with Crippen molar-refractivity contribution in [3.8, 4) is 6.07 Å². The molecular weight excluding hydrogens is 241 g/mol. The highest BCUT2D eigenvalue weighted by atomic mass is 127. The van der Waals surface area contributed by atoms with Crippen LogP contribution >= 0.6 is 22.6 Å². The lowest BCUT2D eigenvalue weighted by Gasteiger charge is -2.20. The molecule has 0 bridgehead atoms. The third-order valence-electron chi connectivity index (χ3n) is 1.16. The summed E-state index contributed by atoms with van der Waals surface area (Å²) in [6.07, 6.45) is 3.55. The van der Waals surface area contributed by atoms with Gasteiger partial charge in [0.25, 0.3) is 0 Å². The van der Waals surface area contributed by atoms with E-state index in [1.54, 1.807) is 6.08 Å². The molecule has 0 saturated carbocycles. The monoisotopic (exact) mass is 247 g/mol. The number of halogens is 1. The van der Waals surface area contributed by atoms with E-state index < -0.39 is 0 Å². The summed E-state index contributed by atoms with van der Waals surface area (Å²) in [6.45, 7) is 0. The third kappa shape index (κ3) is 1.48. The Labute approximate surface area is 73.2 Å². The molecule has 0 aromatic heterocycles. The van der Waals surface area contributed by atoms with Crippen molar-refractivity contribution in [3.63, 3.8) is 0 Å². The Morgan fingerprint density at radius 1 is 1.90 bits per heavy atom. The fourth-order valence-corrected chi connectivity index (χ4v) is 1.06. The Morgan fingerprint density at radius 3 is 3.10 bits per heavy atom. The Kier molecular flexibility index (Phi) is 2.27. The van der Waals surface area contributed by atoms with Crippen molar-refractivity contribution in [3.05, 3.63) is 12.3 Å². The molecule has 1 aliphatic heterocycles. The van der Waals surface area contributed by atoms with Crippen LogP contribution in [0, 0.1) is 11.3 Å². The van der Waals surface area contributed by atoms with Crippen LogP contribution < -0.4 is 0 Å². The maximum Gasteiger partial charge on any atom is 0.174 e. The van der Waals surface area contributed by atoms with Crippen LogP contribution in [-0.4, -0.2) is 21.8 Å². The topological polar surface area (TPSA) is 39.4 Å². The number of alkyl halides is 1. The van der Waals surface area contributed by atoms with Crippen LogP contribution in [0.1, 0.15) is 0 Å². The third-order valence-corrected chi connectivity index (χ3v) is 2.32. The first-order valence-electron chi connectivity index (χ1n) is 2.76. The fraction of sp³-hybridized carbons (Fsp3) is 0.333. The van der Waals surface area contributed by atoms with Gasteiger partial charge in [-0.1, -0.05) is 0 Å². The van der Waals surface area contributed by atoms with Gasteiger partial charge >= 0.3 is 0 Å². The van der Waals surface area contributed by atoms with Crippen molar-refractivity contribution in [2.24, 2.45) is 4.99 Å². The Bertz CT molecular complexity index is 226. The number of nitrogens with zero attached hydrogens (tertiary/aromatic N) is 3. The Balaban J connectivity index is 2.78. The molecule has 4 heteroatoms. The van der Waals surface area contributed by atoms with Crippen LogP contribution in [0.4, 0.5) is 0 Å². The van der Waals surface area contributed by atoms with Crippen molar-refractivity contribution in [1.29, 1.82) is 5.26 Å². The molecule has 0 amide bonds. The second-order valence-corrected chi connectivity index (χ2v) is 3.03. The van der Waals surface area contributed by atoms with Gasteiger partial charge in [0.05, 0.1) is 0 Å². The summed E-state index contributed by atoms with van der Waals surface area (Å²) in [5, 5.41) is 8.44. The van der Waals surface area contributed by atoms with Gasteiger partial charge in [-0.3, -0.25) is 0 Å². The molecule has 0 aromatic carbocycles. The lowest BCUT2D eigenvalue weighted by molar-refractivity contribution is 0.450. The quantitative estimate of drug-likeness (QED) is 0.365. The van der Waals surface area contributed by atoms with Gasteiger partial charge in [-0.25, -0.2) is 4.99 Å². The number of hydrogen-bond acceptors (Lipinski definition) is 3. The highest BCUT2D eigenvalue weighted by molar-refractivity contribution is 14.1. The molecule has 0 spiro atoms. The van der Waals surface area contributed by atoms with Crippen LogP contribution in [0.25, 0.3) is 0 Å². The summed E-state index contributed by atoms with van der Waals surface area (Å²) in [7, 11) is 1.92. The maximum absolute atomic E-state index is 8.44. The molecule has 1 aliphatic rings.